The fourth-order valence-electron chi connectivity index (χ4n) is 2.44. The van der Waals surface area contributed by atoms with Gasteiger partial charge in [-0.15, -0.1) is 0 Å². The molecule has 0 bridgehead atoms. The first-order valence-corrected chi connectivity index (χ1v) is 8.05. The molecule has 0 radical (unpaired) electrons. The second-order valence-electron chi connectivity index (χ2n) is 5.27. The van der Waals surface area contributed by atoms with Crippen LogP contribution in [-0.4, -0.2) is 27.6 Å². The van der Waals surface area contributed by atoms with Crippen molar-refractivity contribution in [3.8, 4) is 0 Å². The molecular weight excluding hydrogens is 328 g/mol. The molecule has 3 rings (SSSR count). The first kappa shape index (κ1) is 16.1. The number of carbonyl (C=O) groups is 3. The maximum absolute atomic E-state index is 12.6. The zero-order valence-electron chi connectivity index (χ0n) is 12.7. The average molecular weight is 342 g/mol. The number of nitrogens with one attached hydrogen (secondary N) is 1. The largest absolute Gasteiger partial charge is 0.478 e. The van der Waals surface area contributed by atoms with Crippen molar-refractivity contribution in [2.24, 2.45) is 0 Å². The highest BCUT2D eigenvalue weighted by Crippen LogP contribution is 2.33. The topological polar surface area (TPSA) is 86.7 Å². The molecule has 0 aliphatic carbocycles. The van der Waals surface area contributed by atoms with Crippen LogP contribution >= 0.6 is 11.8 Å². The van der Waals surface area contributed by atoms with Crippen molar-refractivity contribution >= 4 is 40.3 Å². The molecule has 0 aromatic heterocycles. The molecule has 24 heavy (non-hydrogen) atoms. The number of imide groups is 1. The zero-order valence-corrected chi connectivity index (χ0v) is 13.5. The van der Waals surface area contributed by atoms with Crippen molar-refractivity contribution in [1.82, 2.24) is 0 Å². The molecule has 1 atom stereocenters. The minimum absolute atomic E-state index is 0.0485. The smallest absolute Gasteiger partial charge is 0.337 e. The maximum Gasteiger partial charge on any atom is 0.337 e. The maximum atomic E-state index is 12.6. The molecule has 6 nitrogen and oxygen atoms in total. The van der Waals surface area contributed by atoms with Gasteiger partial charge in [-0.2, -0.15) is 0 Å². The Hall–Kier alpha value is -2.80. The molecule has 0 unspecified atom stereocenters. The molecule has 2 amide bonds. The third kappa shape index (κ3) is 2.98. The Balaban J connectivity index is 1.86. The van der Waals surface area contributed by atoms with Crippen molar-refractivity contribution in [1.29, 1.82) is 0 Å². The fraction of sp³-hybridized carbons (Fsp3) is 0.118. The number of aryl methyl sites for hydroxylation is 1. The van der Waals surface area contributed by atoms with Crippen LogP contribution in [0.3, 0.4) is 0 Å². The van der Waals surface area contributed by atoms with Crippen molar-refractivity contribution in [3.63, 3.8) is 0 Å². The van der Waals surface area contributed by atoms with Crippen LogP contribution in [0.5, 0.6) is 0 Å². The zero-order chi connectivity index (χ0) is 17.3. The first-order chi connectivity index (χ1) is 11.5. The highest BCUT2D eigenvalue weighted by molar-refractivity contribution is 8.16. The molecule has 7 heteroatoms. The van der Waals surface area contributed by atoms with Crippen molar-refractivity contribution in [2.45, 2.75) is 12.3 Å². The van der Waals surface area contributed by atoms with Crippen LogP contribution in [-0.2, 0) is 4.79 Å². The van der Waals surface area contributed by atoms with Gasteiger partial charge >= 0.3 is 5.97 Å². The number of nitrogens with zero attached hydrogens (tertiary/aromatic N) is 1. The van der Waals surface area contributed by atoms with E-state index in [1.807, 2.05) is 13.0 Å². The lowest BCUT2D eigenvalue weighted by Crippen LogP contribution is -2.34. The summed E-state index contributed by atoms with van der Waals surface area (Å²) in [6.07, 6.45) is 0. The van der Waals surface area contributed by atoms with Crippen LogP contribution in [0.25, 0.3) is 0 Å². The van der Waals surface area contributed by atoms with E-state index < -0.39 is 22.5 Å². The van der Waals surface area contributed by atoms with Gasteiger partial charge in [0.15, 0.2) is 5.37 Å². The number of hydrogen-bond donors (Lipinski definition) is 2. The average Bonchev–Trinajstić information content (AvgIpc) is 2.81. The number of para-hydroxylation sites is 1. The highest BCUT2D eigenvalue weighted by atomic mass is 32.2. The molecule has 1 heterocycles. The summed E-state index contributed by atoms with van der Waals surface area (Å²) in [4.78, 5) is 37.2. The van der Waals surface area contributed by atoms with Crippen molar-refractivity contribution in [3.05, 3.63) is 59.7 Å². The van der Waals surface area contributed by atoms with E-state index in [-0.39, 0.29) is 5.56 Å². The van der Waals surface area contributed by atoms with Crippen LogP contribution in [0.2, 0.25) is 0 Å². The molecule has 2 N–H and O–H groups in total. The number of benzene rings is 2. The van der Waals surface area contributed by atoms with Gasteiger partial charge in [0, 0.05) is 5.69 Å². The van der Waals surface area contributed by atoms with Gasteiger partial charge in [0.25, 0.3) is 11.1 Å². The monoisotopic (exact) mass is 342 g/mol. The second-order valence-corrected chi connectivity index (χ2v) is 6.33. The minimum Gasteiger partial charge on any atom is -0.478 e. The van der Waals surface area contributed by atoms with E-state index in [0.717, 1.165) is 22.2 Å². The van der Waals surface area contributed by atoms with E-state index in [1.165, 1.54) is 6.07 Å². The molecule has 1 saturated heterocycles. The van der Waals surface area contributed by atoms with Crippen LogP contribution in [0.15, 0.2) is 48.5 Å². The van der Waals surface area contributed by atoms with Gasteiger partial charge in [0.1, 0.15) is 0 Å². The number of carbonyl (C=O) groups excluding carboxylic acids is 2. The molecule has 1 fully saturated rings. The standard InChI is InChI=1S/C17H14N2O4S/c1-10-5-4-6-11(9-10)19-15(20)14(24-17(19)23)18-13-8-3-2-7-12(13)16(21)22/h2-9,14,18H,1H3,(H,21,22)/t14-/m0/s1. The summed E-state index contributed by atoms with van der Waals surface area (Å²) in [5.41, 5.74) is 1.79. The van der Waals surface area contributed by atoms with Gasteiger partial charge in [0.2, 0.25) is 0 Å². The van der Waals surface area contributed by atoms with Crippen LogP contribution in [0, 0.1) is 6.92 Å². The summed E-state index contributed by atoms with van der Waals surface area (Å²) in [7, 11) is 0. The summed E-state index contributed by atoms with van der Waals surface area (Å²) < 4.78 is 0. The normalized spacial score (nSPS) is 17.2. The number of carboxylic acid groups (broad SMARTS) is 1. The quantitative estimate of drug-likeness (QED) is 0.886. The van der Waals surface area contributed by atoms with Gasteiger partial charge in [0.05, 0.1) is 11.3 Å². The molecule has 2 aromatic carbocycles. The Labute approximate surface area is 142 Å². The minimum atomic E-state index is -1.10. The van der Waals surface area contributed by atoms with E-state index in [0.29, 0.717) is 11.4 Å². The van der Waals surface area contributed by atoms with Gasteiger partial charge in [-0.25, -0.2) is 9.69 Å². The Morgan fingerprint density at radius 1 is 1.17 bits per heavy atom. The summed E-state index contributed by atoms with van der Waals surface area (Å²) in [5, 5.41) is 10.8. The second kappa shape index (κ2) is 6.37. The van der Waals surface area contributed by atoms with Crippen LogP contribution < -0.4 is 10.2 Å². The van der Waals surface area contributed by atoms with E-state index >= 15 is 0 Å². The molecular formula is C17H14N2O4S. The summed E-state index contributed by atoms with van der Waals surface area (Å²) in [6, 6.07) is 13.4. The number of anilines is 2. The molecule has 0 saturated carbocycles. The first-order valence-electron chi connectivity index (χ1n) is 7.17. The Kier molecular flexibility index (Phi) is 4.26. The van der Waals surface area contributed by atoms with Crippen molar-refractivity contribution < 1.29 is 19.5 Å². The molecule has 0 spiro atoms. The van der Waals surface area contributed by atoms with Crippen molar-refractivity contribution in [2.75, 3.05) is 10.2 Å². The van der Waals surface area contributed by atoms with Crippen LogP contribution in [0.4, 0.5) is 16.2 Å². The third-order valence-corrected chi connectivity index (χ3v) is 4.49. The number of aromatic carboxylic acids is 1. The summed E-state index contributed by atoms with van der Waals surface area (Å²) in [6.45, 7) is 1.88. The summed E-state index contributed by atoms with van der Waals surface area (Å²) >= 11 is 0.831. The lowest BCUT2D eigenvalue weighted by atomic mass is 10.2. The highest BCUT2D eigenvalue weighted by Gasteiger charge is 2.41. The predicted octanol–water partition coefficient (Wildman–Crippen LogP) is 3.33. The molecule has 122 valence electrons. The SMILES string of the molecule is Cc1cccc(N2C(=O)S[C@H](Nc3ccccc3C(=O)O)C2=O)c1. The molecule has 2 aromatic rings. The number of carboxylic acids is 1. The van der Waals surface area contributed by atoms with E-state index in [9.17, 15) is 19.5 Å². The van der Waals surface area contributed by atoms with E-state index in [2.05, 4.69) is 5.32 Å². The number of hydrogen-bond acceptors (Lipinski definition) is 5. The Morgan fingerprint density at radius 2 is 1.92 bits per heavy atom. The number of amides is 2. The number of thioether (sulfide) groups is 1. The Morgan fingerprint density at radius 3 is 2.62 bits per heavy atom. The lowest BCUT2D eigenvalue weighted by Gasteiger charge is -2.16. The molecule has 1 aliphatic rings. The van der Waals surface area contributed by atoms with Gasteiger partial charge < -0.3 is 10.4 Å². The Bertz CT molecular complexity index is 837. The van der Waals surface area contributed by atoms with Gasteiger partial charge in [-0.1, -0.05) is 24.3 Å². The molecule has 1 aliphatic heterocycles. The fourth-order valence-corrected chi connectivity index (χ4v) is 3.33. The summed E-state index contributed by atoms with van der Waals surface area (Å²) in [5.74, 6) is -1.52. The van der Waals surface area contributed by atoms with Gasteiger partial charge in [-0.3, -0.25) is 9.59 Å². The van der Waals surface area contributed by atoms with E-state index in [1.54, 1.807) is 36.4 Å². The predicted molar refractivity (Wildman–Crippen MR) is 92.5 cm³/mol. The van der Waals surface area contributed by atoms with Crippen LogP contribution in [0.1, 0.15) is 15.9 Å². The van der Waals surface area contributed by atoms with Gasteiger partial charge in [-0.05, 0) is 48.5 Å². The lowest BCUT2D eigenvalue weighted by molar-refractivity contribution is -0.116. The third-order valence-electron chi connectivity index (χ3n) is 3.55. The van der Waals surface area contributed by atoms with E-state index in [4.69, 9.17) is 0 Å². The number of rotatable bonds is 4.